The fourth-order valence-corrected chi connectivity index (χ4v) is 2.20. The number of imidazole rings is 1. The molecule has 0 aliphatic rings. The van der Waals surface area contributed by atoms with Crippen molar-refractivity contribution in [3.63, 3.8) is 0 Å². The van der Waals surface area contributed by atoms with Gasteiger partial charge in [0, 0.05) is 17.9 Å². The summed E-state index contributed by atoms with van der Waals surface area (Å²) in [5, 5.41) is 3.46. The lowest BCUT2D eigenvalue weighted by Crippen LogP contribution is -2.08. The second-order valence-corrected chi connectivity index (χ2v) is 5.12. The molecule has 2 rings (SSSR count). The van der Waals surface area contributed by atoms with E-state index in [1.54, 1.807) is 0 Å². The van der Waals surface area contributed by atoms with Gasteiger partial charge in [-0.05, 0) is 51.0 Å². The molecule has 0 spiro atoms. The molecule has 1 aromatic carbocycles. The first-order valence-electron chi connectivity index (χ1n) is 6.39. The van der Waals surface area contributed by atoms with Gasteiger partial charge in [-0.1, -0.05) is 6.07 Å². The molecule has 0 amide bonds. The van der Waals surface area contributed by atoms with Crippen LogP contribution in [0.1, 0.15) is 36.7 Å². The normalized spacial score (nSPS) is 10.9. The van der Waals surface area contributed by atoms with E-state index < -0.39 is 0 Å². The molecule has 0 aliphatic heterocycles. The Bertz CT molecular complexity index is 506. The van der Waals surface area contributed by atoms with Crippen LogP contribution in [0.4, 0.5) is 5.69 Å². The Morgan fingerprint density at radius 3 is 2.44 bits per heavy atom. The largest absolute Gasteiger partial charge is 0.379 e. The Balaban J connectivity index is 2.09. The van der Waals surface area contributed by atoms with Crippen LogP contribution < -0.4 is 5.32 Å². The minimum Gasteiger partial charge on any atom is -0.379 e. The van der Waals surface area contributed by atoms with Crippen molar-refractivity contribution in [2.45, 2.75) is 40.3 Å². The average molecular weight is 243 g/mol. The summed E-state index contributed by atoms with van der Waals surface area (Å²) in [5.74, 6) is 0. The van der Waals surface area contributed by atoms with E-state index in [9.17, 15) is 0 Å². The molecule has 0 aliphatic carbocycles. The second kappa shape index (κ2) is 5.25. The van der Waals surface area contributed by atoms with Crippen LogP contribution in [0, 0.1) is 13.8 Å². The average Bonchev–Trinajstić information content (AvgIpc) is 2.73. The number of rotatable bonds is 4. The van der Waals surface area contributed by atoms with Crippen molar-refractivity contribution in [1.82, 2.24) is 9.55 Å². The van der Waals surface area contributed by atoms with Crippen LogP contribution in [0.2, 0.25) is 0 Å². The molecular formula is C15H21N3. The van der Waals surface area contributed by atoms with E-state index in [4.69, 9.17) is 0 Å². The standard InChI is InChI=1S/C15H21N3/c1-11(2)18-10-16-8-15(18)9-17-14-6-12(3)5-13(4)7-14/h5-8,10-11,17H,9H2,1-4H3. The number of hydrogen-bond donors (Lipinski definition) is 1. The molecular weight excluding hydrogens is 222 g/mol. The van der Waals surface area contributed by atoms with Gasteiger partial charge in [0.1, 0.15) is 0 Å². The van der Waals surface area contributed by atoms with Crippen LogP contribution in [0.3, 0.4) is 0 Å². The summed E-state index contributed by atoms with van der Waals surface area (Å²) in [6, 6.07) is 6.97. The minimum atomic E-state index is 0.448. The van der Waals surface area contributed by atoms with E-state index in [1.165, 1.54) is 22.5 Å². The highest BCUT2D eigenvalue weighted by Crippen LogP contribution is 2.16. The van der Waals surface area contributed by atoms with Crippen LogP contribution in [0.25, 0.3) is 0 Å². The molecule has 3 heteroatoms. The van der Waals surface area contributed by atoms with Crippen molar-refractivity contribution in [1.29, 1.82) is 0 Å². The van der Waals surface area contributed by atoms with Crippen molar-refractivity contribution in [3.8, 4) is 0 Å². The molecule has 0 atom stereocenters. The molecule has 0 saturated carbocycles. The summed E-state index contributed by atoms with van der Waals surface area (Å²) in [4.78, 5) is 4.21. The number of aryl methyl sites for hydroxylation is 2. The fraction of sp³-hybridized carbons (Fsp3) is 0.400. The summed E-state index contributed by atoms with van der Waals surface area (Å²) >= 11 is 0. The number of aromatic nitrogens is 2. The van der Waals surface area contributed by atoms with Crippen molar-refractivity contribution in [3.05, 3.63) is 47.5 Å². The highest BCUT2D eigenvalue weighted by molar-refractivity contribution is 5.48. The van der Waals surface area contributed by atoms with E-state index in [0.29, 0.717) is 6.04 Å². The van der Waals surface area contributed by atoms with Crippen LogP contribution >= 0.6 is 0 Å². The zero-order valence-corrected chi connectivity index (χ0v) is 11.6. The molecule has 0 saturated heterocycles. The van der Waals surface area contributed by atoms with E-state index >= 15 is 0 Å². The summed E-state index contributed by atoms with van der Waals surface area (Å²) in [5.41, 5.74) is 4.96. The lowest BCUT2D eigenvalue weighted by molar-refractivity contribution is 0.577. The maximum atomic E-state index is 4.21. The smallest absolute Gasteiger partial charge is 0.0951 e. The molecule has 96 valence electrons. The number of benzene rings is 1. The van der Waals surface area contributed by atoms with Gasteiger partial charge >= 0.3 is 0 Å². The monoisotopic (exact) mass is 243 g/mol. The van der Waals surface area contributed by atoms with E-state index in [2.05, 4.69) is 60.8 Å². The SMILES string of the molecule is Cc1cc(C)cc(NCc2cncn2C(C)C)c1. The minimum absolute atomic E-state index is 0.448. The Morgan fingerprint density at radius 1 is 1.17 bits per heavy atom. The molecule has 2 aromatic rings. The molecule has 0 radical (unpaired) electrons. The van der Waals surface area contributed by atoms with Crippen molar-refractivity contribution in [2.75, 3.05) is 5.32 Å². The van der Waals surface area contributed by atoms with Gasteiger partial charge in [-0.25, -0.2) is 4.98 Å². The maximum absolute atomic E-state index is 4.21. The van der Waals surface area contributed by atoms with Crippen LogP contribution in [0.15, 0.2) is 30.7 Å². The highest BCUT2D eigenvalue weighted by Gasteiger charge is 2.05. The summed E-state index contributed by atoms with van der Waals surface area (Å²) in [7, 11) is 0. The van der Waals surface area contributed by atoms with Crippen molar-refractivity contribution < 1.29 is 0 Å². The first-order valence-corrected chi connectivity index (χ1v) is 6.39. The third kappa shape index (κ3) is 2.92. The fourth-order valence-electron chi connectivity index (χ4n) is 2.20. The lowest BCUT2D eigenvalue weighted by atomic mass is 10.1. The molecule has 3 nitrogen and oxygen atoms in total. The molecule has 1 aromatic heterocycles. The Morgan fingerprint density at radius 2 is 1.83 bits per heavy atom. The first-order chi connectivity index (χ1) is 8.56. The van der Waals surface area contributed by atoms with Gasteiger partial charge in [-0.2, -0.15) is 0 Å². The lowest BCUT2D eigenvalue weighted by Gasteiger charge is -2.13. The van der Waals surface area contributed by atoms with Crippen LogP contribution in [-0.4, -0.2) is 9.55 Å². The molecule has 0 bridgehead atoms. The molecule has 0 fully saturated rings. The number of hydrogen-bond acceptors (Lipinski definition) is 2. The third-order valence-electron chi connectivity index (χ3n) is 3.00. The summed E-state index contributed by atoms with van der Waals surface area (Å²) in [6.45, 7) is 9.39. The zero-order valence-electron chi connectivity index (χ0n) is 11.6. The second-order valence-electron chi connectivity index (χ2n) is 5.12. The van der Waals surface area contributed by atoms with E-state index in [-0.39, 0.29) is 0 Å². The third-order valence-corrected chi connectivity index (χ3v) is 3.00. The molecule has 1 heterocycles. The van der Waals surface area contributed by atoms with Gasteiger partial charge in [-0.15, -0.1) is 0 Å². The van der Waals surface area contributed by atoms with Gasteiger partial charge in [0.25, 0.3) is 0 Å². The van der Waals surface area contributed by atoms with Crippen molar-refractivity contribution in [2.24, 2.45) is 0 Å². The predicted octanol–water partition coefficient (Wildman–Crippen LogP) is 3.69. The predicted molar refractivity (Wildman–Crippen MR) is 75.9 cm³/mol. The Kier molecular flexibility index (Phi) is 3.70. The van der Waals surface area contributed by atoms with Crippen LogP contribution in [-0.2, 0) is 6.54 Å². The van der Waals surface area contributed by atoms with E-state index in [1.807, 2.05) is 12.5 Å². The number of nitrogens with one attached hydrogen (secondary N) is 1. The van der Waals surface area contributed by atoms with Crippen LogP contribution in [0.5, 0.6) is 0 Å². The van der Waals surface area contributed by atoms with Gasteiger partial charge in [-0.3, -0.25) is 0 Å². The highest BCUT2D eigenvalue weighted by atomic mass is 15.1. The number of nitrogens with zero attached hydrogens (tertiary/aromatic N) is 2. The molecule has 18 heavy (non-hydrogen) atoms. The van der Waals surface area contributed by atoms with E-state index in [0.717, 1.165) is 6.54 Å². The van der Waals surface area contributed by atoms with Gasteiger partial charge < -0.3 is 9.88 Å². The molecule has 1 N–H and O–H groups in total. The van der Waals surface area contributed by atoms with Gasteiger partial charge in [0.2, 0.25) is 0 Å². The first kappa shape index (κ1) is 12.7. The topological polar surface area (TPSA) is 29.9 Å². The Labute approximate surface area is 109 Å². The van der Waals surface area contributed by atoms with Gasteiger partial charge in [0.05, 0.1) is 18.6 Å². The maximum Gasteiger partial charge on any atom is 0.0951 e. The van der Waals surface area contributed by atoms with Crippen molar-refractivity contribution >= 4 is 5.69 Å². The quantitative estimate of drug-likeness (QED) is 0.887. The van der Waals surface area contributed by atoms with Gasteiger partial charge in [0.15, 0.2) is 0 Å². The Hall–Kier alpha value is -1.77. The zero-order chi connectivity index (χ0) is 13.1. The molecule has 0 unspecified atom stereocenters. The summed E-state index contributed by atoms with van der Waals surface area (Å²) < 4.78 is 2.19. The summed E-state index contributed by atoms with van der Waals surface area (Å²) in [6.07, 6.45) is 3.82. The number of anilines is 1.